The summed E-state index contributed by atoms with van der Waals surface area (Å²) in [5, 5.41) is 10.6. The molecule has 0 unspecified atom stereocenters. The standard InChI is InChI=1S/C24H16FN5O/c25-18-6-3-15(4-7-18)21-10-8-19(14-27-21)28-24(31)23-20-12-16(5-9-22(20)29-30-23)17-2-1-11-26-13-17/h1-14H,(H,28,31)(H,29,30). The van der Waals surface area contributed by atoms with E-state index < -0.39 is 0 Å². The molecule has 0 aliphatic heterocycles. The van der Waals surface area contributed by atoms with Gasteiger partial charge in [-0.1, -0.05) is 12.1 Å². The Morgan fingerprint density at radius 2 is 1.74 bits per heavy atom. The van der Waals surface area contributed by atoms with Crippen LogP contribution in [0.4, 0.5) is 10.1 Å². The van der Waals surface area contributed by atoms with Gasteiger partial charge < -0.3 is 5.32 Å². The fourth-order valence-electron chi connectivity index (χ4n) is 3.35. The summed E-state index contributed by atoms with van der Waals surface area (Å²) in [4.78, 5) is 21.4. The Balaban J connectivity index is 1.39. The van der Waals surface area contributed by atoms with E-state index in [1.807, 2.05) is 30.3 Å². The Morgan fingerprint density at radius 3 is 2.48 bits per heavy atom. The van der Waals surface area contributed by atoms with Crippen molar-refractivity contribution >= 4 is 22.5 Å². The van der Waals surface area contributed by atoms with Crippen LogP contribution in [-0.2, 0) is 0 Å². The van der Waals surface area contributed by atoms with Crippen molar-refractivity contribution in [2.75, 3.05) is 5.32 Å². The zero-order valence-electron chi connectivity index (χ0n) is 16.2. The number of nitrogens with one attached hydrogen (secondary N) is 2. The van der Waals surface area contributed by atoms with Gasteiger partial charge in [0, 0.05) is 28.9 Å². The van der Waals surface area contributed by atoms with Crippen LogP contribution in [0.1, 0.15) is 10.5 Å². The molecule has 2 aromatic carbocycles. The summed E-state index contributed by atoms with van der Waals surface area (Å²) in [6, 6.07) is 19.2. The Labute approximate surface area is 176 Å². The van der Waals surface area contributed by atoms with E-state index in [0.717, 1.165) is 27.6 Å². The molecule has 0 bridgehead atoms. The van der Waals surface area contributed by atoms with Gasteiger partial charge in [0.05, 0.1) is 23.1 Å². The van der Waals surface area contributed by atoms with Gasteiger partial charge in [-0.2, -0.15) is 5.10 Å². The van der Waals surface area contributed by atoms with Crippen molar-refractivity contribution in [3.63, 3.8) is 0 Å². The number of pyridine rings is 2. The van der Waals surface area contributed by atoms with Gasteiger partial charge in [-0.3, -0.25) is 19.9 Å². The maximum absolute atomic E-state index is 13.1. The van der Waals surface area contributed by atoms with E-state index in [4.69, 9.17) is 0 Å². The van der Waals surface area contributed by atoms with Crippen LogP contribution in [0.25, 0.3) is 33.3 Å². The minimum Gasteiger partial charge on any atom is -0.319 e. The number of carbonyl (C=O) groups excluding carboxylic acids is 1. The summed E-state index contributed by atoms with van der Waals surface area (Å²) in [5.74, 6) is -0.642. The molecule has 0 aliphatic rings. The maximum atomic E-state index is 13.1. The number of rotatable bonds is 4. The summed E-state index contributed by atoms with van der Waals surface area (Å²) in [5.41, 5.74) is 4.98. The van der Waals surface area contributed by atoms with Crippen LogP contribution in [0.15, 0.2) is 85.3 Å². The SMILES string of the molecule is O=C(Nc1ccc(-c2ccc(F)cc2)nc1)c1n[nH]c2ccc(-c3cccnc3)cc12. The molecule has 0 spiro atoms. The molecule has 5 aromatic rings. The highest BCUT2D eigenvalue weighted by Gasteiger charge is 2.15. The van der Waals surface area contributed by atoms with Crippen molar-refractivity contribution in [3.05, 3.63) is 96.8 Å². The highest BCUT2D eigenvalue weighted by atomic mass is 19.1. The molecule has 0 aliphatic carbocycles. The molecule has 0 saturated heterocycles. The number of H-pyrrole nitrogens is 1. The Morgan fingerprint density at radius 1 is 0.903 bits per heavy atom. The molecule has 150 valence electrons. The van der Waals surface area contributed by atoms with Gasteiger partial charge in [0.2, 0.25) is 0 Å². The molecule has 2 N–H and O–H groups in total. The lowest BCUT2D eigenvalue weighted by Crippen LogP contribution is -2.13. The van der Waals surface area contributed by atoms with Crippen molar-refractivity contribution in [1.29, 1.82) is 0 Å². The Hall–Kier alpha value is -4.39. The minimum atomic E-state index is -0.342. The molecule has 0 saturated carbocycles. The first-order valence-corrected chi connectivity index (χ1v) is 9.59. The van der Waals surface area contributed by atoms with Gasteiger partial charge in [-0.25, -0.2) is 4.39 Å². The fraction of sp³-hybridized carbons (Fsp3) is 0. The van der Waals surface area contributed by atoms with Crippen LogP contribution in [0.3, 0.4) is 0 Å². The lowest BCUT2D eigenvalue weighted by atomic mass is 10.0. The molecule has 5 rings (SSSR count). The molecule has 0 atom stereocenters. The Kier molecular flexibility index (Phi) is 4.68. The van der Waals surface area contributed by atoms with Gasteiger partial charge in [0.25, 0.3) is 5.91 Å². The lowest BCUT2D eigenvalue weighted by molar-refractivity contribution is 0.102. The zero-order valence-corrected chi connectivity index (χ0v) is 16.2. The minimum absolute atomic E-state index is 0.295. The number of hydrogen-bond acceptors (Lipinski definition) is 4. The average molecular weight is 409 g/mol. The van der Waals surface area contributed by atoms with Gasteiger partial charge in [0.15, 0.2) is 5.69 Å². The van der Waals surface area contributed by atoms with E-state index in [1.165, 1.54) is 12.1 Å². The number of nitrogens with zero attached hydrogens (tertiary/aromatic N) is 3. The van der Waals surface area contributed by atoms with Crippen LogP contribution in [0.2, 0.25) is 0 Å². The molecule has 3 heterocycles. The molecule has 3 aromatic heterocycles. The van der Waals surface area contributed by atoms with Crippen LogP contribution >= 0.6 is 0 Å². The normalized spacial score (nSPS) is 10.9. The second-order valence-corrected chi connectivity index (χ2v) is 6.97. The second kappa shape index (κ2) is 7.79. The first-order chi connectivity index (χ1) is 15.2. The third kappa shape index (κ3) is 3.76. The quantitative estimate of drug-likeness (QED) is 0.434. The number of carbonyl (C=O) groups is 1. The molecule has 31 heavy (non-hydrogen) atoms. The lowest BCUT2D eigenvalue weighted by Gasteiger charge is -2.06. The highest BCUT2D eigenvalue weighted by Crippen LogP contribution is 2.25. The summed E-state index contributed by atoms with van der Waals surface area (Å²) in [6.07, 6.45) is 5.05. The number of aromatic amines is 1. The molecule has 0 fully saturated rings. The fourth-order valence-corrected chi connectivity index (χ4v) is 3.35. The zero-order chi connectivity index (χ0) is 21.2. The van der Waals surface area contributed by atoms with E-state index in [0.29, 0.717) is 17.1 Å². The van der Waals surface area contributed by atoms with Gasteiger partial charge in [0.1, 0.15) is 5.82 Å². The number of aromatic nitrogens is 4. The van der Waals surface area contributed by atoms with Crippen LogP contribution in [-0.4, -0.2) is 26.1 Å². The third-order valence-corrected chi connectivity index (χ3v) is 4.93. The first-order valence-electron chi connectivity index (χ1n) is 9.59. The number of amides is 1. The second-order valence-electron chi connectivity index (χ2n) is 6.97. The van der Waals surface area contributed by atoms with Crippen LogP contribution in [0, 0.1) is 5.82 Å². The predicted octanol–water partition coefficient (Wildman–Crippen LogP) is 5.08. The summed E-state index contributed by atoms with van der Waals surface area (Å²) in [7, 11) is 0. The molecular formula is C24H16FN5O. The number of halogens is 1. The third-order valence-electron chi connectivity index (χ3n) is 4.93. The monoisotopic (exact) mass is 409 g/mol. The smallest absolute Gasteiger partial charge is 0.276 e. The number of fused-ring (bicyclic) bond motifs is 1. The summed E-state index contributed by atoms with van der Waals surface area (Å²) in [6.45, 7) is 0. The van der Waals surface area contributed by atoms with Crippen LogP contribution in [0.5, 0.6) is 0 Å². The number of hydrogen-bond donors (Lipinski definition) is 2. The summed E-state index contributed by atoms with van der Waals surface area (Å²) < 4.78 is 13.1. The maximum Gasteiger partial charge on any atom is 0.276 e. The number of benzene rings is 2. The van der Waals surface area contributed by atoms with Gasteiger partial charge in [-0.05, 0) is 60.2 Å². The molecule has 6 nitrogen and oxygen atoms in total. The Bertz CT molecular complexity index is 1360. The number of anilines is 1. The van der Waals surface area contributed by atoms with E-state index in [9.17, 15) is 9.18 Å². The van der Waals surface area contributed by atoms with Crippen molar-refractivity contribution < 1.29 is 9.18 Å². The summed E-state index contributed by atoms with van der Waals surface area (Å²) >= 11 is 0. The molecular weight excluding hydrogens is 393 g/mol. The molecule has 7 heteroatoms. The van der Waals surface area contributed by atoms with Gasteiger partial charge in [-0.15, -0.1) is 0 Å². The van der Waals surface area contributed by atoms with Crippen molar-refractivity contribution in [2.45, 2.75) is 0 Å². The van der Waals surface area contributed by atoms with Crippen molar-refractivity contribution in [3.8, 4) is 22.4 Å². The highest BCUT2D eigenvalue weighted by molar-refractivity contribution is 6.11. The average Bonchev–Trinajstić information content (AvgIpc) is 3.24. The largest absolute Gasteiger partial charge is 0.319 e. The van der Waals surface area contributed by atoms with E-state index in [1.54, 1.807) is 42.9 Å². The van der Waals surface area contributed by atoms with E-state index in [-0.39, 0.29) is 11.7 Å². The first kappa shape index (κ1) is 18.6. The topological polar surface area (TPSA) is 83.6 Å². The van der Waals surface area contributed by atoms with Crippen molar-refractivity contribution in [2.24, 2.45) is 0 Å². The van der Waals surface area contributed by atoms with Crippen molar-refractivity contribution in [1.82, 2.24) is 20.2 Å². The van der Waals surface area contributed by atoms with E-state index in [2.05, 4.69) is 25.5 Å². The molecule has 1 amide bonds. The molecule has 0 radical (unpaired) electrons. The van der Waals surface area contributed by atoms with Crippen LogP contribution < -0.4 is 5.32 Å². The van der Waals surface area contributed by atoms with Gasteiger partial charge >= 0.3 is 0 Å². The van der Waals surface area contributed by atoms with E-state index >= 15 is 0 Å². The predicted molar refractivity (Wildman–Crippen MR) is 117 cm³/mol.